The lowest BCUT2D eigenvalue weighted by Gasteiger charge is -2.20. The molecule has 1 aliphatic heterocycles. The number of hydrogen-bond donors (Lipinski definition) is 0. The Kier molecular flexibility index (Phi) is 4.43. The van der Waals surface area contributed by atoms with Crippen LogP contribution in [0.25, 0.3) is 11.3 Å². The van der Waals surface area contributed by atoms with E-state index < -0.39 is 0 Å². The number of hydrogen-bond acceptors (Lipinski definition) is 4. The van der Waals surface area contributed by atoms with Gasteiger partial charge >= 0.3 is 0 Å². The molecule has 6 nitrogen and oxygen atoms in total. The standard InChI is InChI=1S/C21H19N5O/c1-25-20(15-5-3-2-4-6-15)18-9-11-26(12-10-19(18)24-25)21(27)16-7-8-17(13-22)23-14-16/h2-8,14H,9-12H2,1H3. The van der Waals surface area contributed by atoms with E-state index in [0.29, 0.717) is 24.3 Å². The highest BCUT2D eigenvalue weighted by atomic mass is 16.2. The van der Waals surface area contributed by atoms with Gasteiger partial charge in [-0.3, -0.25) is 9.48 Å². The zero-order chi connectivity index (χ0) is 18.8. The molecule has 4 rings (SSSR count). The highest BCUT2D eigenvalue weighted by Crippen LogP contribution is 2.28. The second kappa shape index (κ2) is 7.04. The van der Waals surface area contributed by atoms with Gasteiger partial charge in [0, 0.05) is 43.9 Å². The summed E-state index contributed by atoms with van der Waals surface area (Å²) in [7, 11) is 1.97. The Balaban J connectivity index is 1.58. The van der Waals surface area contributed by atoms with Crippen LogP contribution in [0, 0.1) is 11.3 Å². The smallest absolute Gasteiger partial charge is 0.255 e. The molecule has 134 valence electrons. The van der Waals surface area contributed by atoms with Crippen LogP contribution in [0.2, 0.25) is 0 Å². The number of rotatable bonds is 2. The Morgan fingerprint density at radius 2 is 1.89 bits per heavy atom. The van der Waals surface area contributed by atoms with Crippen molar-refractivity contribution in [3.8, 4) is 17.3 Å². The topological polar surface area (TPSA) is 74.8 Å². The summed E-state index contributed by atoms with van der Waals surface area (Å²) >= 11 is 0. The molecule has 6 heteroatoms. The molecule has 1 aliphatic rings. The van der Waals surface area contributed by atoms with E-state index in [0.717, 1.165) is 29.8 Å². The molecular formula is C21H19N5O. The van der Waals surface area contributed by atoms with Crippen LogP contribution in [-0.4, -0.2) is 38.7 Å². The fourth-order valence-corrected chi connectivity index (χ4v) is 3.62. The van der Waals surface area contributed by atoms with Crippen LogP contribution < -0.4 is 0 Å². The Morgan fingerprint density at radius 3 is 2.59 bits per heavy atom. The minimum absolute atomic E-state index is 0.0530. The van der Waals surface area contributed by atoms with Crippen LogP contribution in [0.4, 0.5) is 0 Å². The van der Waals surface area contributed by atoms with Crippen molar-refractivity contribution < 1.29 is 4.79 Å². The van der Waals surface area contributed by atoms with Gasteiger partial charge in [0.25, 0.3) is 5.91 Å². The van der Waals surface area contributed by atoms with Crippen LogP contribution in [0.5, 0.6) is 0 Å². The number of fused-ring (bicyclic) bond motifs is 1. The van der Waals surface area contributed by atoms with Crippen molar-refractivity contribution in [3.05, 3.63) is 71.2 Å². The molecule has 0 unspecified atom stereocenters. The number of nitriles is 1. The Hall–Kier alpha value is -3.46. The van der Waals surface area contributed by atoms with E-state index in [1.165, 1.54) is 11.8 Å². The van der Waals surface area contributed by atoms with Gasteiger partial charge in [0.2, 0.25) is 0 Å². The number of aryl methyl sites for hydroxylation is 1. The quantitative estimate of drug-likeness (QED) is 0.706. The second-order valence-corrected chi connectivity index (χ2v) is 6.60. The molecular weight excluding hydrogens is 338 g/mol. The summed E-state index contributed by atoms with van der Waals surface area (Å²) in [5.41, 5.74) is 5.37. The van der Waals surface area contributed by atoms with Crippen LogP contribution >= 0.6 is 0 Å². The molecule has 0 fully saturated rings. The average Bonchev–Trinajstić information content (AvgIpc) is 2.89. The third-order valence-electron chi connectivity index (χ3n) is 4.94. The molecule has 3 heterocycles. The molecule has 0 radical (unpaired) electrons. The molecule has 0 saturated heterocycles. The van der Waals surface area contributed by atoms with E-state index >= 15 is 0 Å². The first-order valence-corrected chi connectivity index (χ1v) is 8.93. The molecule has 1 aromatic carbocycles. The number of nitrogens with zero attached hydrogens (tertiary/aromatic N) is 5. The molecule has 0 atom stereocenters. The Bertz CT molecular complexity index is 1020. The van der Waals surface area contributed by atoms with Crippen molar-refractivity contribution in [1.29, 1.82) is 5.26 Å². The van der Waals surface area contributed by atoms with Crippen molar-refractivity contribution in [2.45, 2.75) is 12.8 Å². The SMILES string of the molecule is Cn1nc2c(c1-c1ccccc1)CCN(C(=O)c1ccc(C#N)nc1)CC2. The van der Waals surface area contributed by atoms with Crippen molar-refractivity contribution in [3.63, 3.8) is 0 Å². The summed E-state index contributed by atoms with van der Waals surface area (Å²) in [5, 5.41) is 13.6. The summed E-state index contributed by atoms with van der Waals surface area (Å²) in [6.07, 6.45) is 2.97. The highest BCUT2D eigenvalue weighted by molar-refractivity contribution is 5.94. The highest BCUT2D eigenvalue weighted by Gasteiger charge is 2.25. The van der Waals surface area contributed by atoms with Crippen LogP contribution in [0.1, 0.15) is 27.3 Å². The first-order valence-electron chi connectivity index (χ1n) is 8.93. The molecule has 0 N–H and O–H groups in total. The van der Waals surface area contributed by atoms with Gasteiger partial charge in [0.05, 0.1) is 17.0 Å². The Morgan fingerprint density at radius 1 is 1.11 bits per heavy atom. The third kappa shape index (κ3) is 3.20. The van der Waals surface area contributed by atoms with E-state index in [2.05, 4.69) is 17.1 Å². The average molecular weight is 357 g/mol. The molecule has 0 bridgehead atoms. The van der Waals surface area contributed by atoms with Crippen molar-refractivity contribution >= 4 is 5.91 Å². The fraction of sp³-hybridized carbons (Fsp3) is 0.238. The van der Waals surface area contributed by atoms with Crippen LogP contribution in [0.15, 0.2) is 48.7 Å². The maximum absolute atomic E-state index is 12.8. The van der Waals surface area contributed by atoms with Gasteiger partial charge in [0.15, 0.2) is 0 Å². The van der Waals surface area contributed by atoms with Crippen LogP contribution in [-0.2, 0) is 19.9 Å². The van der Waals surface area contributed by atoms with Crippen LogP contribution in [0.3, 0.4) is 0 Å². The fourth-order valence-electron chi connectivity index (χ4n) is 3.62. The number of amides is 1. The summed E-state index contributed by atoms with van der Waals surface area (Å²) in [5.74, 6) is -0.0530. The first kappa shape index (κ1) is 17.0. The minimum atomic E-state index is -0.0530. The van der Waals surface area contributed by atoms with E-state index in [9.17, 15) is 4.79 Å². The van der Waals surface area contributed by atoms with Crippen molar-refractivity contribution in [2.24, 2.45) is 7.05 Å². The van der Waals surface area contributed by atoms with E-state index in [1.807, 2.05) is 40.9 Å². The van der Waals surface area contributed by atoms with Gasteiger partial charge < -0.3 is 4.90 Å². The lowest BCUT2D eigenvalue weighted by molar-refractivity contribution is 0.0762. The number of benzene rings is 1. The summed E-state index contributed by atoms with van der Waals surface area (Å²) in [4.78, 5) is 18.7. The van der Waals surface area contributed by atoms with Gasteiger partial charge in [0.1, 0.15) is 11.8 Å². The maximum atomic E-state index is 12.8. The molecule has 0 saturated carbocycles. The van der Waals surface area contributed by atoms with Gasteiger partial charge in [-0.2, -0.15) is 10.4 Å². The normalized spacial score (nSPS) is 13.6. The lowest BCUT2D eigenvalue weighted by atomic mass is 10.0. The summed E-state index contributed by atoms with van der Waals surface area (Å²) in [6, 6.07) is 15.5. The maximum Gasteiger partial charge on any atom is 0.255 e. The summed E-state index contributed by atoms with van der Waals surface area (Å²) in [6.45, 7) is 1.26. The first-order chi connectivity index (χ1) is 13.2. The largest absolute Gasteiger partial charge is 0.338 e. The zero-order valence-electron chi connectivity index (χ0n) is 15.1. The third-order valence-corrected chi connectivity index (χ3v) is 4.94. The monoisotopic (exact) mass is 357 g/mol. The predicted molar refractivity (Wildman–Crippen MR) is 101 cm³/mol. The van der Waals surface area contributed by atoms with Gasteiger partial charge in [-0.15, -0.1) is 0 Å². The summed E-state index contributed by atoms with van der Waals surface area (Å²) < 4.78 is 1.95. The molecule has 3 aromatic rings. The zero-order valence-corrected chi connectivity index (χ0v) is 15.1. The molecule has 0 aliphatic carbocycles. The predicted octanol–water partition coefficient (Wildman–Crippen LogP) is 2.59. The molecule has 1 amide bonds. The van der Waals surface area contributed by atoms with E-state index in [1.54, 1.807) is 12.1 Å². The molecule has 27 heavy (non-hydrogen) atoms. The number of aromatic nitrogens is 3. The van der Waals surface area contributed by atoms with E-state index in [-0.39, 0.29) is 5.91 Å². The Labute approximate surface area is 157 Å². The van der Waals surface area contributed by atoms with Crippen molar-refractivity contribution in [2.75, 3.05) is 13.1 Å². The molecule has 0 spiro atoms. The van der Waals surface area contributed by atoms with E-state index in [4.69, 9.17) is 10.4 Å². The number of pyridine rings is 1. The number of carbonyl (C=O) groups excluding carboxylic acids is 1. The minimum Gasteiger partial charge on any atom is -0.338 e. The van der Waals surface area contributed by atoms with Crippen molar-refractivity contribution in [1.82, 2.24) is 19.7 Å². The van der Waals surface area contributed by atoms with Gasteiger partial charge in [-0.1, -0.05) is 30.3 Å². The second-order valence-electron chi connectivity index (χ2n) is 6.60. The molecule has 2 aromatic heterocycles. The van der Waals surface area contributed by atoms with Gasteiger partial charge in [-0.25, -0.2) is 4.98 Å². The lowest BCUT2D eigenvalue weighted by Crippen LogP contribution is -2.33. The van der Waals surface area contributed by atoms with Gasteiger partial charge in [-0.05, 0) is 18.6 Å². The number of carbonyl (C=O) groups is 1.